The van der Waals surface area contributed by atoms with E-state index in [1.54, 1.807) is 33.2 Å². The van der Waals surface area contributed by atoms with Crippen LogP contribution in [0.15, 0.2) is 12.4 Å². The number of ether oxygens (including phenoxy) is 1. The van der Waals surface area contributed by atoms with Crippen LogP contribution in [0.3, 0.4) is 0 Å². The van der Waals surface area contributed by atoms with Crippen LogP contribution in [-0.4, -0.2) is 21.7 Å². The Labute approximate surface area is 101 Å². The van der Waals surface area contributed by atoms with Crippen LogP contribution in [-0.2, 0) is 4.74 Å². The molecule has 6 heteroatoms. The fourth-order valence-electron chi connectivity index (χ4n) is 1.03. The first kappa shape index (κ1) is 13.4. The zero-order valence-electron chi connectivity index (χ0n) is 10.5. The highest BCUT2D eigenvalue weighted by Crippen LogP contribution is 2.10. The van der Waals surface area contributed by atoms with Crippen LogP contribution in [0.5, 0.6) is 0 Å². The molecule has 94 valence electrons. The lowest BCUT2D eigenvalue weighted by Crippen LogP contribution is -2.27. The van der Waals surface area contributed by atoms with Crippen LogP contribution < -0.4 is 11.1 Å². The van der Waals surface area contributed by atoms with Crippen molar-refractivity contribution in [2.75, 3.05) is 5.32 Å². The van der Waals surface area contributed by atoms with Crippen molar-refractivity contribution in [2.24, 2.45) is 5.73 Å². The molecule has 0 bridgehead atoms. The quantitative estimate of drug-likeness (QED) is 0.820. The predicted molar refractivity (Wildman–Crippen MR) is 64.5 cm³/mol. The average Bonchev–Trinajstić information content (AvgIpc) is 2.15. The Morgan fingerprint density at radius 3 is 2.35 bits per heavy atom. The van der Waals surface area contributed by atoms with Gasteiger partial charge in [-0.15, -0.1) is 0 Å². The number of carbonyl (C=O) groups excluding carboxylic acids is 1. The minimum atomic E-state index is -0.578. The van der Waals surface area contributed by atoms with E-state index >= 15 is 0 Å². The van der Waals surface area contributed by atoms with E-state index in [2.05, 4.69) is 15.3 Å². The fourth-order valence-corrected chi connectivity index (χ4v) is 1.03. The van der Waals surface area contributed by atoms with Crippen LogP contribution in [0.25, 0.3) is 0 Å². The van der Waals surface area contributed by atoms with E-state index in [-0.39, 0.29) is 12.0 Å². The molecule has 1 aromatic rings. The normalized spacial score (nSPS) is 13.0. The molecule has 1 rings (SSSR count). The van der Waals surface area contributed by atoms with Crippen molar-refractivity contribution in [3.8, 4) is 0 Å². The lowest BCUT2D eigenvalue weighted by Gasteiger charge is -2.19. The van der Waals surface area contributed by atoms with Gasteiger partial charge in [0.2, 0.25) is 5.95 Å². The molecule has 0 radical (unpaired) electrons. The third-order valence-corrected chi connectivity index (χ3v) is 1.81. The highest BCUT2D eigenvalue weighted by atomic mass is 16.6. The minimum absolute atomic E-state index is 0.134. The van der Waals surface area contributed by atoms with Gasteiger partial charge in [-0.25, -0.2) is 14.8 Å². The Morgan fingerprint density at radius 2 is 1.94 bits per heavy atom. The predicted octanol–water partition coefficient (Wildman–Crippen LogP) is 1.84. The molecule has 0 aliphatic heterocycles. The molecular formula is C11H18N4O2. The molecule has 0 saturated heterocycles. The topological polar surface area (TPSA) is 90.1 Å². The summed E-state index contributed by atoms with van der Waals surface area (Å²) < 4.78 is 5.06. The number of amides is 1. The number of aromatic nitrogens is 2. The van der Waals surface area contributed by atoms with Crippen molar-refractivity contribution in [3.63, 3.8) is 0 Å². The molecule has 0 aliphatic carbocycles. The second kappa shape index (κ2) is 5.09. The van der Waals surface area contributed by atoms with E-state index in [0.29, 0.717) is 0 Å². The smallest absolute Gasteiger partial charge is 0.414 e. The van der Waals surface area contributed by atoms with Crippen LogP contribution in [0.4, 0.5) is 10.7 Å². The third-order valence-electron chi connectivity index (χ3n) is 1.81. The SMILES string of the molecule is CC(N)c1cnc(NC(=O)OC(C)(C)C)nc1. The van der Waals surface area contributed by atoms with Crippen LogP contribution in [0.1, 0.15) is 39.3 Å². The molecule has 0 fully saturated rings. The number of nitrogens with one attached hydrogen (secondary N) is 1. The first-order valence-corrected chi connectivity index (χ1v) is 5.35. The molecular weight excluding hydrogens is 220 g/mol. The van der Waals surface area contributed by atoms with E-state index in [9.17, 15) is 4.79 Å². The van der Waals surface area contributed by atoms with Crippen LogP contribution in [0.2, 0.25) is 0 Å². The Morgan fingerprint density at radius 1 is 1.41 bits per heavy atom. The van der Waals surface area contributed by atoms with E-state index < -0.39 is 11.7 Å². The molecule has 3 N–H and O–H groups in total. The zero-order valence-corrected chi connectivity index (χ0v) is 10.5. The molecule has 1 unspecified atom stereocenters. The van der Waals surface area contributed by atoms with Gasteiger partial charge in [-0.1, -0.05) is 0 Å². The number of hydrogen-bond acceptors (Lipinski definition) is 5. The molecule has 0 spiro atoms. The van der Waals surface area contributed by atoms with E-state index in [1.807, 2.05) is 6.92 Å². The van der Waals surface area contributed by atoms with Crippen LogP contribution >= 0.6 is 0 Å². The summed E-state index contributed by atoms with van der Waals surface area (Å²) in [6.07, 6.45) is 2.57. The summed E-state index contributed by atoms with van der Waals surface area (Å²) in [6.45, 7) is 7.19. The van der Waals surface area contributed by atoms with Crippen molar-refractivity contribution in [1.29, 1.82) is 0 Å². The summed E-state index contributed by atoms with van der Waals surface area (Å²) in [5.41, 5.74) is 5.92. The fraction of sp³-hybridized carbons (Fsp3) is 0.545. The lowest BCUT2D eigenvalue weighted by atomic mass is 10.2. The van der Waals surface area contributed by atoms with Gasteiger partial charge in [-0.3, -0.25) is 5.32 Å². The van der Waals surface area contributed by atoms with Crippen molar-refractivity contribution in [2.45, 2.75) is 39.3 Å². The summed E-state index contributed by atoms with van der Waals surface area (Å²) in [4.78, 5) is 19.3. The Balaban J connectivity index is 2.61. The number of nitrogens with two attached hydrogens (primary N) is 1. The molecule has 1 aromatic heterocycles. The van der Waals surface area contributed by atoms with Crippen LogP contribution in [0, 0.1) is 0 Å². The summed E-state index contributed by atoms with van der Waals surface area (Å²) in [5.74, 6) is 0.198. The van der Waals surface area contributed by atoms with Gasteiger partial charge in [0.1, 0.15) is 5.60 Å². The van der Waals surface area contributed by atoms with Gasteiger partial charge >= 0.3 is 6.09 Å². The first-order valence-electron chi connectivity index (χ1n) is 5.35. The number of hydrogen-bond donors (Lipinski definition) is 2. The summed E-state index contributed by atoms with van der Waals surface area (Å²) >= 11 is 0. The molecule has 6 nitrogen and oxygen atoms in total. The number of carbonyl (C=O) groups is 1. The highest BCUT2D eigenvalue weighted by Gasteiger charge is 2.16. The standard InChI is InChI=1S/C11H18N4O2/c1-7(12)8-5-13-9(14-6-8)15-10(16)17-11(2,3)4/h5-7H,12H2,1-4H3,(H,13,14,15,16). The Hall–Kier alpha value is -1.69. The first-order chi connectivity index (χ1) is 7.78. The maximum atomic E-state index is 11.4. The van der Waals surface area contributed by atoms with Crippen molar-refractivity contribution >= 4 is 12.0 Å². The van der Waals surface area contributed by atoms with Gasteiger partial charge in [0.25, 0.3) is 0 Å². The molecule has 1 atom stereocenters. The maximum absolute atomic E-state index is 11.4. The number of anilines is 1. The van der Waals surface area contributed by atoms with E-state index in [4.69, 9.17) is 10.5 Å². The van der Waals surface area contributed by atoms with Gasteiger partial charge in [0.15, 0.2) is 0 Å². The van der Waals surface area contributed by atoms with Gasteiger partial charge in [0.05, 0.1) is 0 Å². The minimum Gasteiger partial charge on any atom is -0.444 e. The molecule has 1 amide bonds. The molecule has 17 heavy (non-hydrogen) atoms. The Kier molecular flexibility index (Phi) is 4.01. The zero-order chi connectivity index (χ0) is 13.1. The van der Waals surface area contributed by atoms with E-state index in [0.717, 1.165) is 5.56 Å². The second-order valence-electron chi connectivity index (χ2n) is 4.76. The number of rotatable bonds is 2. The Bertz CT molecular complexity index is 381. The summed E-state index contributed by atoms with van der Waals surface area (Å²) in [6, 6.07) is -0.134. The summed E-state index contributed by atoms with van der Waals surface area (Å²) in [7, 11) is 0. The van der Waals surface area contributed by atoms with Gasteiger partial charge in [-0.05, 0) is 27.7 Å². The maximum Gasteiger partial charge on any atom is 0.414 e. The monoisotopic (exact) mass is 238 g/mol. The number of nitrogens with zero attached hydrogens (tertiary/aromatic N) is 2. The van der Waals surface area contributed by atoms with Crippen molar-refractivity contribution in [3.05, 3.63) is 18.0 Å². The molecule has 0 saturated carbocycles. The lowest BCUT2D eigenvalue weighted by molar-refractivity contribution is 0.0634. The van der Waals surface area contributed by atoms with Gasteiger partial charge in [0, 0.05) is 24.0 Å². The molecule has 1 heterocycles. The third kappa shape index (κ3) is 4.78. The van der Waals surface area contributed by atoms with E-state index in [1.165, 1.54) is 0 Å². The second-order valence-corrected chi connectivity index (χ2v) is 4.76. The van der Waals surface area contributed by atoms with Crippen molar-refractivity contribution < 1.29 is 9.53 Å². The highest BCUT2D eigenvalue weighted by molar-refractivity contribution is 5.82. The largest absolute Gasteiger partial charge is 0.444 e. The molecule has 0 aromatic carbocycles. The average molecular weight is 238 g/mol. The van der Waals surface area contributed by atoms with Gasteiger partial charge in [-0.2, -0.15) is 0 Å². The summed E-state index contributed by atoms with van der Waals surface area (Å²) in [5, 5.41) is 2.44. The molecule has 0 aliphatic rings. The van der Waals surface area contributed by atoms with Crippen molar-refractivity contribution in [1.82, 2.24) is 9.97 Å². The van der Waals surface area contributed by atoms with Gasteiger partial charge < -0.3 is 10.5 Å².